The Hall–Kier alpha value is -8.34. The molecule has 290 valence electrons. The molecule has 0 saturated carbocycles. The number of nitrogens with zero attached hydrogens (tertiary/aromatic N) is 4. The summed E-state index contributed by atoms with van der Waals surface area (Å²) in [5.74, 6) is 0.642. The van der Waals surface area contributed by atoms with Crippen molar-refractivity contribution in [1.29, 1.82) is 0 Å². The Balaban J connectivity index is 0.884. The molecule has 0 bridgehead atoms. The number of aromatic nitrogens is 4. The van der Waals surface area contributed by atoms with Gasteiger partial charge in [-0.25, -0.2) is 9.97 Å². The van der Waals surface area contributed by atoms with Crippen LogP contribution in [-0.4, -0.2) is 19.1 Å². The topological polar surface area (TPSA) is 35.6 Å². The summed E-state index contributed by atoms with van der Waals surface area (Å²) in [6, 6.07) is 80.3. The molecule has 12 rings (SSSR count). The first-order chi connectivity index (χ1) is 30.7. The summed E-state index contributed by atoms with van der Waals surface area (Å²) in [5.41, 5.74) is 17.0. The molecule has 0 spiro atoms. The van der Waals surface area contributed by atoms with Gasteiger partial charge in [0.25, 0.3) is 0 Å². The molecular formula is C58H38N4. The van der Waals surface area contributed by atoms with E-state index in [-0.39, 0.29) is 0 Å². The van der Waals surface area contributed by atoms with Gasteiger partial charge in [0.2, 0.25) is 5.95 Å². The number of hydrogen-bond acceptors (Lipinski definition) is 2. The molecule has 3 aromatic heterocycles. The zero-order chi connectivity index (χ0) is 41.0. The van der Waals surface area contributed by atoms with E-state index in [1.807, 2.05) is 12.3 Å². The first-order valence-electron chi connectivity index (χ1n) is 21.1. The predicted octanol–water partition coefficient (Wildman–Crippen LogP) is 15.0. The lowest BCUT2D eigenvalue weighted by Crippen LogP contribution is -2.01. The highest BCUT2D eigenvalue weighted by Gasteiger charge is 2.18. The van der Waals surface area contributed by atoms with Gasteiger partial charge >= 0.3 is 0 Å². The van der Waals surface area contributed by atoms with Gasteiger partial charge in [-0.15, -0.1) is 0 Å². The largest absolute Gasteiger partial charge is 0.309 e. The third-order valence-electron chi connectivity index (χ3n) is 12.2. The fourth-order valence-corrected chi connectivity index (χ4v) is 9.19. The summed E-state index contributed by atoms with van der Waals surface area (Å²) in [5, 5.41) is 4.82. The van der Waals surface area contributed by atoms with E-state index in [0.29, 0.717) is 5.95 Å². The van der Waals surface area contributed by atoms with Gasteiger partial charge in [0.05, 0.1) is 27.8 Å². The maximum Gasteiger partial charge on any atom is 0.235 e. The quantitative estimate of drug-likeness (QED) is 0.161. The van der Waals surface area contributed by atoms with Gasteiger partial charge in [-0.1, -0.05) is 170 Å². The highest BCUT2D eigenvalue weighted by atomic mass is 15.2. The molecule has 0 aliphatic heterocycles. The van der Waals surface area contributed by atoms with Crippen LogP contribution in [0.5, 0.6) is 0 Å². The Labute approximate surface area is 359 Å². The zero-order valence-electron chi connectivity index (χ0n) is 33.7. The van der Waals surface area contributed by atoms with Crippen LogP contribution in [0.25, 0.3) is 111 Å². The highest BCUT2D eigenvalue weighted by Crippen LogP contribution is 2.38. The van der Waals surface area contributed by atoms with Gasteiger partial charge in [0.15, 0.2) is 0 Å². The second-order valence-electron chi connectivity index (χ2n) is 15.8. The smallest absolute Gasteiger partial charge is 0.235 e. The van der Waals surface area contributed by atoms with Crippen molar-refractivity contribution in [1.82, 2.24) is 19.1 Å². The first-order valence-corrected chi connectivity index (χ1v) is 21.1. The van der Waals surface area contributed by atoms with Crippen LogP contribution in [0, 0.1) is 0 Å². The molecule has 4 nitrogen and oxygen atoms in total. The molecule has 0 fully saturated rings. The summed E-state index contributed by atoms with van der Waals surface area (Å²) in [6.07, 6.45) is 1.87. The lowest BCUT2D eigenvalue weighted by molar-refractivity contribution is 0.992. The fraction of sp³-hybridized carbons (Fsp3) is 0. The third-order valence-corrected chi connectivity index (χ3v) is 12.2. The number of hydrogen-bond donors (Lipinski definition) is 0. The molecule has 0 aliphatic carbocycles. The minimum absolute atomic E-state index is 0.642. The summed E-state index contributed by atoms with van der Waals surface area (Å²) in [4.78, 5) is 10.1. The van der Waals surface area contributed by atoms with Crippen molar-refractivity contribution < 1.29 is 0 Å². The average molecular weight is 791 g/mol. The average Bonchev–Trinajstić information content (AvgIpc) is 3.87. The Morgan fingerprint density at radius 3 is 1.45 bits per heavy atom. The van der Waals surface area contributed by atoms with Crippen LogP contribution in [-0.2, 0) is 0 Å². The summed E-state index contributed by atoms with van der Waals surface area (Å²) in [6.45, 7) is 0. The Morgan fingerprint density at radius 2 is 0.742 bits per heavy atom. The van der Waals surface area contributed by atoms with Gasteiger partial charge in [-0.3, -0.25) is 4.57 Å². The third kappa shape index (κ3) is 6.08. The van der Waals surface area contributed by atoms with Crippen LogP contribution in [0.1, 0.15) is 0 Å². The Morgan fingerprint density at radius 1 is 0.274 bits per heavy atom. The standard InChI is InChI=1S/C58H38N4/c1-3-12-39(13-4-1)40-22-24-41(25-23-40)42-26-28-43(29-27-42)44-14-11-15-47(36-44)53-34-35-59-58(60-53)62-55-21-10-8-19-50(55)52-37-45(31-33-56(52)62)46-30-32-51-49-18-7-9-20-54(49)61(57(51)38-46)48-16-5-2-6-17-48/h1-38H. The van der Waals surface area contributed by atoms with E-state index in [0.717, 1.165) is 55.4 Å². The number of benzene rings is 9. The molecule has 0 radical (unpaired) electrons. The molecule has 0 amide bonds. The molecule has 0 atom stereocenters. The molecule has 62 heavy (non-hydrogen) atoms. The van der Waals surface area contributed by atoms with Crippen LogP contribution < -0.4 is 0 Å². The van der Waals surface area contributed by atoms with Gasteiger partial charge in [-0.2, -0.15) is 0 Å². The van der Waals surface area contributed by atoms with Crippen molar-refractivity contribution in [3.63, 3.8) is 0 Å². The van der Waals surface area contributed by atoms with E-state index in [1.165, 1.54) is 49.6 Å². The van der Waals surface area contributed by atoms with Gasteiger partial charge in [0.1, 0.15) is 0 Å². The monoisotopic (exact) mass is 790 g/mol. The van der Waals surface area contributed by atoms with Crippen molar-refractivity contribution in [2.75, 3.05) is 0 Å². The number of fused-ring (bicyclic) bond motifs is 6. The summed E-state index contributed by atoms with van der Waals surface area (Å²) in [7, 11) is 0. The molecule has 0 aliphatic rings. The first kappa shape index (κ1) is 35.6. The fourth-order valence-electron chi connectivity index (χ4n) is 9.19. The number of para-hydroxylation sites is 3. The van der Waals surface area contributed by atoms with Crippen LogP contribution >= 0.6 is 0 Å². The lowest BCUT2D eigenvalue weighted by Gasteiger charge is -2.10. The molecule has 0 N–H and O–H groups in total. The second kappa shape index (κ2) is 14.7. The molecule has 9 aromatic carbocycles. The van der Waals surface area contributed by atoms with Crippen LogP contribution in [0.2, 0.25) is 0 Å². The lowest BCUT2D eigenvalue weighted by atomic mass is 9.97. The van der Waals surface area contributed by atoms with E-state index >= 15 is 0 Å². The highest BCUT2D eigenvalue weighted by molar-refractivity contribution is 6.12. The molecule has 0 saturated heterocycles. The molecular weight excluding hydrogens is 753 g/mol. The van der Waals surface area contributed by atoms with E-state index in [9.17, 15) is 0 Å². The molecule has 4 heteroatoms. The van der Waals surface area contributed by atoms with Gasteiger partial charge in [0, 0.05) is 39.0 Å². The van der Waals surface area contributed by atoms with E-state index in [2.05, 4.69) is 228 Å². The Kier molecular flexibility index (Phi) is 8.46. The maximum atomic E-state index is 5.23. The SMILES string of the molecule is c1ccc(-c2ccc(-c3ccc(-c4cccc(-c5ccnc(-n6c7ccccc7c7cc(-c8ccc9c%10ccccc%10n(-c%10ccccc%10)c9c8)ccc76)n5)c4)cc3)cc2)cc1. The summed E-state index contributed by atoms with van der Waals surface area (Å²) >= 11 is 0. The minimum atomic E-state index is 0.642. The van der Waals surface area contributed by atoms with Crippen LogP contribution in [0.4, 0.5) is 0 Å². The van der Waals surface area contributed by atoms with Crippen molar-refractivity contribution >= 4 is 43.6 Å². The molecule has 12 aromatic rings. The normalized spacial score (nSPS) is 11.5. The molecule has 0 unspecified atom stereocenters. The summed E-state index contributed by atoms with van der Waals surface area (Å²) < 4.78 is 4.57. The van der Waals surface area contributed by atoms with Crippen molar-refractivity contribution in [2.45, 2.75) is 0 Å². The van der Waals surface area contributed by atoms with Gasteiger partial charge in [-0.05, 0) is 99.1 Å². The zero-order valence-corrected chi connectivity index (χ0v) is 33.7. The number of rotatable bonds is 7. The van der Waals surface area contributed by atoms with Crippen molar-refractivity contribution in [2.24, 2.45) is 0 Å². The second-order valence-corrected chi connectivity index (χ2v) is 15.8. The van der Waals surface area contributed by atoms with E-state index < -0.39 is 0 Å². The predicted molar refractivity (Wildman–Crippen MR) is 258 cm³/mol. The Bertz CT molecular complexity index is 3600. The van der Waals surface area contributed by atoms with Crippen molar-refractivity contribution in [3.05, 3.63) is 231 Å². The van der Waals surface area contributed by atoms with Crippen LogP contribution in [0.15, 0.2) is 231 Å². The minimum Gasteiger partial charge on any atom is -0.309 e. The van der Waals surface area contributed by atoms with Crippen LogP contribution in [0.3, 0.4) is 0 Å². The van der Waals surface area contributed by atoms with E-state index in [4.69, 9.17) is 9.97 Å². The van der Waals surface area contributed by atoms with Crippen molar-refractivity contribution in [3.8, 4) is 67.4 Å². The van der Waals surface area contributed by atoms with Gasteiger partial charge < -0.3 is 4.57 Å². The molecule has 3 heterocycles. The van der Waals surface area contributed by atoms with E-state index in [1.54, 1.807) is 0 Å². The maximum absolute atomic E-state index is 5.23.